The number of thiophene rings is 1. The Bertz CT molecular complexity index is 1480. The van der Waals surface area contributed by atoms with Crippen LogP contribution in [-0.4, -0.2) is 44.8 Å². The molecule has 0 aliphatic rings. The standard InChI is InChI=1S/C24H26ClN5O4S2/c1-26-12-11-21(31)27-14-16-5-3-6-17(13-16)15-30-18-7-4-8-19(34-2)23(18)24(28-30)29-36(32,33)22-10-9-20(25)35-22/h3-10,13,26H,11-12,14-15H2,1-2H3,(H,27,31)(H,28,29). The van der Waals surface area contributed by atoms with E-state index in [9.17, 15) is 13.2 Å². The molecule has 0 atom stereocenters. The number of carbonyl (C=O) groups is 1. The minimum absolute atomic E-state index is 0.0242. The van der Waals surface area contributed by atoms with E-state index in [1.165, 1.54) is 19.2 Å². The fourth-order valence-corrected chi connectivity index (χ4v) is 6.21. The highest BCUT2D eigenvalue weighted by atomic mass is 35.5. The Morgan fingerprint density at radius 3 is 2.64 bits per heavy atom. The Hall–Kier alpha value is -3.12. The number of amides is 1. The van der Waals surface area contributed by atoms with Crippen molar-refractivity contribution in [3.8, 4) is 5.75 Å². The van der Waals surface area contributed by atoms with Gasteiger partial charge in [-0.15, -0.1) is 11.3 Å². The molecule has 4 aromatic rings. The van der Waals surface area contributed by atoms with E-state index in [0.717, 1.165) is 22.5 Å². The maximum absolute atomic E-state index is 13.0. The number of ether oxygens (including phenoxy) is 1. The first kappa shape index (κ1) is 26.0. The molecule has 3 N–H and O–H groups in total. The van der Waals surface area contributed by atoms with Crippen LogP contribution in [0.1, 0.15) is 17.5 Å². The summed E-state index contributed by atoms with van der Waals surface area (Å²) in [5.41, 5.74) is 2.61. The monoisotopic (exact) mass is 547 g/mol. The molecule has 0 spiro atoms. The zero-order chi connectivity index (χ0) is 25.7. The van der Waals surface area contributed by atoms with Crippen molar-refractivity contribution < 1.29 is 17.9 Å². The molecule has 1 amide bonds. The van der Waals surface area contributed by atoms with Crippen LogP contribution in [0.2, 0.25) is 4.34 Å². The number of nitrogens with one attached hydrogen (secondary N) is 3. The number of nitrogens with zero attached hydrogens (tertiary/aromatic N) is 2. The molecule has 0 bridgehead atoms. The van der Waals surface area contributed by atoms with Gasteiger partial charge in [0.15, 0.2) is 5.82 Å². The Morgan fingerprint density at radius 1 is 1.14 bits per heavy atom. The van der Waals surface area contributed by atoms with Gasteiger partial charge in [0.1, 0.15) is 9.96 Å². The number of anilines is 1. The Balaban J connectivity index is 1.62. The van der Waals surface area contributed by atoms with Crippen molar-refractivity contribution in [2.24, 2.45) is 0 Å². The van der Waals surface area contributed by atoms with E-state index in [2.05, 4.69) is 20.5 Å². The normalized spacial score (nSPS) is 11.5. The summed E-state index contributed by atoms with van der Waals surface area (Å²) in [7, 11) is -0.559. The smallest absolute Gasteiger partial charge is 0.272 e. The van der Waals surface area contributed by atoms with Gasteiger partial charge in [0.25, 0.3) is 10.0 Å². The van der Waals surface area contributed by atoms with E-state index in [1.807, 2.05) is 36.4 Å². The molecule has 36 heavy (non-hydrogen) atoms. The van der Waals surface area contributed by atoms with Crippen LogP contribution in [-0.2, 0) is 27.9 Å². The van der Waals surface area contributed by atoms with Gasteiger partial charge in [0.05, 0.1) is 28.9 Å². The van der Waals surface area contributed by atoms with Crippen LogP contribution in [0.5, 0.6) is 5.75 Å². The predicted octanol–water partition coefficient (Wildman–Crippen LogP) is 3.83. The number of aromatic nitrogens is 2. The fraction of sp³-hybridized carbons (Fsp3) is 0.250. The molecule has 2 aromatic heterocycles. The average molecular weight is 548 g/mol. The van der Waals surface area contributed by atoms with E-state index < -0.39 is 10.0 Å². The number of rotatable bonds is 11. The molecule has 0 unspecified atom stereocenters. The number of carbonyl (C=O) groups excluding carboxylic acids is 1. The lowest BCUT2D eigenvalue weighted by Crippen LogP contribution is -2.26. The lowest BCUT2D eigenvalue weighted by molar-refractivity contribution is -0.121. The fourth-order valence-electron chi connectivity index (χ4n) is 3.72. The first-order valence-corrected chi connectivity index (χ1v) is 13.8. The zero-order valence-corrected chi connectivity index (χ0v) is 22.1. The number of methoxy groups -OCH3 is 1. The van der Waals surface area contributed by atoms with Crippen molar-refractivity contribution in [3.63, 3.8) is 0 Å². The Morgan fingerprint density at radius 2 is 1.92 bits per heavy atom. The maximum Gasteiger partial charge on any atom is 0.272 e. The van der Waals surface area contributed by atoms with E-state index >= 15 is 0 Å². The van der Waals surface area contributed by atoms with Crippen molar-refractivity contribution in [3.05, 3.63) is 70.1 Å². The second-order valence-electron chi connectivity index (χ2n) is 7.97. The zero-order valence-electron chi connectivity index (χ0n) is 19.7. The lowest BCUT2D eigenvalue weighted by Gasteiger charge is -2.09. The lowest BCUT2D eigenvalue weighted by atomic mass is 10.1. The highest BCUT2D eigenvalue weighted by molar-refractivity contribution is 7.94. The van der Waals surface area contributed by atoms with E-state index in [1.54, 1.807) is 17.8 Å². The highest BCUT2D eigenvalue weighted by Crippen LogP contribution is 2.35. The SMILES string of the molecule is CNCCC(=O)NCc1cccc(Cn2nc(NS(=O)(=O)c3ccc(Cl)s3)c3c(OC)cccc32)c1. The van der Waals surface area contributed by atoms with Crippen molar-refractivity contribution in [1.29, 1.82) is 0 Å². The predicted molar refractivity (Wildman–Crippen MR) is 142 cm³/mol. The summed E-state index contributed by atoms with van der Waals surface area (Å²) < 4.78 is 36.2. The molecule has 12 heteroatoms. The summed E-state index contributed by atoms with van der Waals surface area (Å²) in [6.07, 6.45) is 0.410. The van der Waals surface area contributed by atoms with Crippen molar-refractivity contribution in [1.82, 2.24) is 20.4 Å². The minimum atomic E-state index is -3.89. The summed E-state index contributed by atoms with van der Waals surface area (Å²) >= 11 is 6.91. The van der Waals surface area contributed by atoms with Gasteiger partial charge in [-0.05, 0) is 42.4 Å². The number of fused-ring (bicyclic) bond motifs is 1. The average Bonchev–Trinajstić information content (AvgIpc) is 3.45. The van der Waals surface area contributed by atoms with Gasteiger partial charge in [-0.1, -0.05) is 41.9 Å². The molecule has 0 saturated heterocycles. The van der Waals surface area contributed by atoms with E-state index in [-0.39, 0.29) is 15.9 Å². The van der Waals surface area contributed by atoms with Crippen LogP contribution >= 0.6 is 22.9 Å². The van der Waals surface area contributed by atoms with Gasteiger partial charge in [0, 0.05) is 19.5 Å². The first-order chi connectivity index (χ1) is 17.3. The third-order valence-corrected chi connectivity index (χ3v) is 8.48. The molecule has 0 aliphatic carbocycles. The molecular weight excluding hydrogens is 522 g/mol. The number of benzene rings is 2. The Kier molecular flexibility index (Phi) is 8.14. The third kappa shape index (κ3) is 5.98. The molecule has 4 rings (SSSR count). The van der Waals surface area contributed by atoms with Crippen LogP contribution in [0.3, 0.4) is 0 Å². The highest BCUT2D eigenvalue weighted by Gasteiger charge is 2.23. The second-order valence-corrected chi connectivity index (χ2v) is 11.6. The molecule has 0 fully saturated rings. The molecule has 2 heterocycles. The molecule has 0 saturated carbocycles. The van der Waals surface area contributed by atoms with Crippen LogP contribution in [0.15, 0.2) is 58.8 Å². The number of sulfonamides is 1. The summed E-state index contributed by atoms with van der Waals surface area (Å²) in [5.74, 6) is 0.641. The van der Waals surface area contributed by atoms with Gasteiger partial charge in [-0.2, -0.15) is 5.10 Å². The van der Waals surface area contributed by atoms with E-state index in [4.69, 9.17) is 16.3 Å². The van der Waals surface area contributed by atoms with Gasteiger partial charge < -0.3 is 15.4 Å². The molecule has 0 aliphatic heterocycles. The molecule has 0 radical (unpaired) electrons. The van der Waals surface area contributed by atoms with Crippen LogP contribution in [0, 0.1) is 0 Å². The second kappa shape index (κ2) is 11.3. The third-order valence-electron chi connectivity index (χ3n) is 5.42. The van der Waals surface area contributed by atoms with Gasteiger partial charge in [-0.25, -0.2) is 8.42 Å². The number of halogens is 1. The summed E-state index contributed by atoms with van der Waals surface area (Å²) in [4.78, 5) is 11.9. The molecular formula is C24H26ClN5O4S2. The van der Waals surface area contributed by atoms with E-state index in [0.29, 0.717) is 47.0 Å². The number of hydrogen-bond acceptors (Lipinski definition) is 7. The quantitative estimate of drug-likeness (QED) is 0.263. The Labute approximate surface area is 218 Å². The summed E-state index contributed by atoms with van der Waals surface area (Å²) in [6, 6.07) is 16.2. The van der Waals surface area contributed by atoms with Gasteiger partial charge >= 0.3 is 0 Å². The van der Waals surface area contributed by atoms with Crippen LogP contribution in [0.4, 0.5) is 5.82 Å². The molecule has 2 aromatic carbocycles. The summed E-state index contributed by atoms with van der Waals surface area (Å²) in [6.45, 7) is 1.42. The van der Waals surface area contributed by atoms with Crippen molar-refractivity contribution >= 4 is 55.6 Å². The van der Waals surface area contributed by atoms with Crippen LogP contribution < -0.4 is 20.1 Å². The first-order valence-electron chi connectivity index (χ1n) is 11.1. The van der Waals surface area contributed by atoms with Gasteiger partial charge in [0.2, 0.25) is 5.91 Å². The summed E-state index contributed by atoms with van der Waals surface area (Å²) in [5, 5.41) is 11.0. The maximum atomic E-state index is 13.0. The van der Waals surface area contributed by atoms with Gasteiger partial charge in [-0.3, -0.25) is 14.2 Å². The van der Waals surface area contributed by atoms with Crippen molar-refractivity contribution in [2.75, 3.05) is 25.4 Å². The molecule has 190 valence electrons. The van der Waals surface area contributed by atoms with Crippen LogP contribution in [0.25, 0.3) is 10.9 Å². The topological polar surface area (TPSA) is 114 Å². The van der Waals surface area contributed by atoms with Crippen molar-refractivity contribution in [2.45, 2.75) is 23.7 Å². The molecule has 9 nitrogen and oxygen atoms in total. The minimum Gasteiger partial charge on any atom is -0.496 e. The largest absolute Gasteiger partial charge is 0.496 e. The number of hydrogen-bond donors (Lipinski definition) is 3.